The molecule has 5 nitrogen and oxygen atoms in total. The molecule has 0 radical (unpaired) electrons. The maximum Gasteiger partial charge on any atom is 0.410 e. The molecule has 1 N–H and O–H groups in total. The fraction of sp³-hybridized carbons (Fsp3) is 0.588. The summed E-state index contributed by atoms with van der Waals surface area (Å²) in [5.74, 6) is -0.869. The van der Waals surface area contributed by atoms with Crippen molar-refractivity contribution < 1.29 is 23.8 Å². The Morgan fingerprint density at radius 2 is 2.21 bits per heavy atom. The van der Waals surface area contributed by atoms with Crippen molar-refractivity contribution in [2.24, 2.45) is 5.92 Å². The molecule has 24 heavy (non-hydrogen) atoms. The SMILES string of the molecule is CC(C)(C)OC(=O)N1CCO[C@H](c2ccc(F)c(Cl)c2)[C@@H](CO)C1. The topological polar surface area (TPSA) is 59.0 Å². The number of ether oxygens (including phenoxy) is 2. The van der Waals surface area contributed by atoms with Crippen LogP contribution in [0.5, 0.6) is 0 Å². The first-order valence-electron chi connectivity index (χ1n) is 7.86. The molecule has 1 aliphatic heterocycles. The van der Waals surface area contributed by atoms with Crippen LogP contribution in [0.1, 0.15) is 32.4 Å². The van der Waals surface area contributed by atoms with E-state index in [4.69, 9.17) is 21.1 Å². The van der Waals surface area contributed by atoms with Crippen molar-refractivity contribution in [1.82, 2.24) is 4.90 Å². The minimum atomic E-state index is -0.594. The molecule has 1 aromatic rings. The van der Waals surface area contributed by atoms with Gasteiger partial charge in [0.05, 0.1) is 24.3 Å². The highest BCUT2D eigenvalue weighted by atomic mass is 35.5. The van der Waals surface area contributed by atoms with Crippen LogP contribution in [0.15, 0.2) is 18.2 Å². The van der Waals surface area contributed by atoms with Crippen molar-refractivity contribution in [3.8, 4) is 0 Å². The molecule has 0 spiro atoms. The van der Waals surface area contributed by atoms with E-state index in [1.165, 1.54) is 17.0 Å². The number of aliphatic hydroxyl groups excluding tert-OH is 1. The number of aliphatic hydroxyl groups is 1. The summed E-state index contributed by atoms with van der Waals surface area (Å²) >= 11 is 5.84. The van der Waals surface area contributed by atoms with E-state index < -0.39 is 23.6 Å². The molecule has 1 aliphatic rings. The second kappa shape index (κ2) is 7.68. The first kappa shape index (κ1) is 19.0. The average molecular weight is 360 g/mol. The summed E-state index contributed by atoms with van der Waals surface area (Å²) in [5.41, 5.74) is 0.0783. The van der Waals surface area contributed by atoms with E-state index in [9.17, 15) is 14.3 Å². The van der Waals surface area contributed by atoms with Crippen LogP contribution in [-0.4, -0.2) is 48.0 Å². The van der Waals surface area contributed by atoms with Crippen molar-refractivity contribution in [2.75, 3.05) is 26.3 Å². The molecule has 1 amide bonds. The van der Waals surface area contributed by atoms with Gasteiger partial charge in [0.15, 0.2) is 0 Å². The average Bonchev–Trinajstić information content (AvgIpc) is 2.70. The number of rotatable bonds is 2. The summed E-state index contributed by atoms with van der Waals surface area (Å²) in [6.07, 6.45) is -0.914. The highest BCUT2D eigenvalue weighted by Gasteiger charge is 2.32. The first-order valence-corrected chi connectivity index (χ1v) is 8.24. The Balaban J connectivity index is 2.16. The summed E-state index contributed by atoms with van der Waals surface area (Å²) in [6, 6.07) is 4.34. The van der Waals surface area contributed by atoms with Gasteiger partial charge in [-0.1, -0.05) is 17.7 Å². The standard InChI is InChI=1S/C17H23ClFNO4/c1-17(2,3)24-16(22)20-6-7-23-15(12(9-20)10-21)11-4-5-14(19)13(18)8-11/h4-5,8,12,15,21H,6-7,9-10H2,1-3H3/t12-,15-/m1/s1. The quantitative estimate of drug-likeness (QED) is 0.879. The van der Waals surface area contributed by atoms with Gasteiger partial charge in [-0.15, -0.1) is 0 Å². The van der Waals surface area contributed by atoms with Gasteiger partial charge in [0, 0.05) is 19.0 Å². The van der Waals surface area contributed by atoms with Gasteiger partial charge in [-0.25, -0.2) is 9.18 Å². The lowest BCUT2D eigenvalue weighted by molar-refractivity contribution is 0.0108. The number of hydrogen-bond donors (Lipinski definition) is 1. The zero-order chi connectivity index (χ0) is 17.9. The Bertz CT molecular complexity index is 590. The Hall–Kier alpha value is -1.37. The minimum absolute atomic E-state index is 0.000958. The van der Waals surface area contributed by atoms with Crippen molar-refractivity contribution in [3.63, 3.8) is 0 Å². The van der Waals surface area contributed by atoms with Crippen LogP contribution in [-0.2, 0) is 9.47 Å². The number of hydrogen-bond acceptors (Lipinski definition) is 4. The van der Waals surface area contributed by atoms with Gasteiger partial charge in [-0.05, 0) is 38.5 Å². The maximum atomic E-state index is 13.4. The number of benzene rings is 1. The Morgan fingerprint density at radius 1 is 1.50 bits per heavy atom. The normalized spacial score (nSPS) is 22.2. The zero-order valence-corrected chi connectivity index (χ0v) is 14.8. The molecule has 1 heterocycles. The van der Waals surface area contributed by atoms with E-state index in [2.05, 4.69) is 0 Å². The predicted octanol–water partition coefficient (Wildman–Crippen LogP) is 3.40. The Morgan fingerprint density at radius 3 is 2.79 bits per heavy atom. The molecular weight excluding hydrogens is 337 g/mol. The molecular formula is C17H23ClFNO4. The second-order valence-corrected chi connectivity index (χ2v) is 7.24. The summed E-state index contributed by atoms with van der Waals surface area (Å²) in [7, 11) is 0. The van der Waals surface area contributed by atoms with Crippen LogP contribution in [0.4, 0.5) is 9.18 Å². The predicted molar refractivity (Wildman–Crippen MR) is 88.5 cm³/mol. The summed E-state index contributed by atoms with van der Waals surface area (Å²) in [5, 5.41) is 9.74. The lowest BCUT2D eigenvalue weighted by Crippen LogP contribution is -2.40. The van der Waals surface area contributed by atoms with Gasteiger partial charge in [-0.2, -0.15) is 0 Å². The number of halogens is 2. The van der Waals surface area contributed by atoms with Crippen molar-refractivity contribution in [2.45, 2.75) is 32.5 Å². The molecule has 0 aliphatic carbocycles. The van der Waals surface area contributed by atoms with Gasteiger partial charge in [0.1, 0.15) is 11.4 Å². The lowest BCUT2D eigenvalue weighted by atomic mass is 9.96. The largest absolute Gasteiger partial charge is 0.444 e. The van der Waals surface area contributed by atoms with Gasteiger partial charge in [0.2, 0.25) is 0 Å². The smallest absolute Gasteiger partial charge is 0.410 e. The number of carbonyl (C=O) groups excluding carboxylic acids is 1. The van der Waals surface area contributed by atoms with Gasteiger partial charge >= 0.3 is 6.09 Å². The molecule has 2 rings (SSSR count). The third-order valence-electron chi connectivity index (χ3n) is 3.70. The molecule has 1 aromatic carbocycles. The van der Waals surface area contributed by atoms with E-state index in [1.54, 1.807) is 26.8 Å². The third kappa shape index (κ3) is 4.82. The molecule has 0 aromatic heterocycles. The van der Waals surface area contributed by atoms with Crippen LogP contribution in [0.25, 0.3) is 0 Å². The van der Waals surface area contributed by atoms with Crippen LogP contribution >= 0.6 is 11.6 Å². The molecule has 0 unspecified atom stereocenters. The van der Waals surface area contributed by atoms with Gasteiger partial charge in [0.25, 0.3) is 0 Å². The van der Waals surface area contributed by atoms with Gasteiger partial charge in [-0.3, -0.25) is 0 Å². The fourth-order valence-electron chi connectivity index (χ4n) is 2.60. The summed E-state index contributed by atoms with van der Waals surface area (Å²) in [4.78, 5) is 13.8. The second-order valence-electron chi connectivity index (χ2n) is 6.83. The number of carbonyl (C=O) groups is 1. The van der Waals surface area contributed by atoms with E-state index in [0.29, 0.717) is 12.1 Å². The number of amides is 1. The van der Waals surface area contributed by atoms with Crippen LogP contribution in [0.2, 0.25) is 5.02 Å². The molecule has 2 atom stereocenters. The van der Waals surface area contributed by atoms with E-state index >= 15 is 0 Å². The lowest BCUT2D eigenvalue weighted by Gasteiger charge is -2.29. The zero-order valence-electron chi connectivity index (χ0n) is 14.1. The van der Waals surface area contributed by atoms with Crippen molar-refractivity contribution in [1.29, 1.82) is 0 Å². The molecule has 1 fully saturated rings. The molecule has 0 saturated carbocycles. The maximum absolute atomic E-state index is 13.4. The minimum Gasteiger partial charge on any atom is -0.444 e. The third-order valence-corrected chi connectivity index (χ3v) is 3.99. The summed E-state index contributed by atoms with van der Waals surface area (Å²) in [6.45, 7) is 6.14. The molecule has 0 bridgehead atoms. The molecule has 7 heteroatoms. The van der Waals surface area contributed by atoms with Gasteiger partial charge < -0.3 is 19.5 Å². The van der Waals surface area contributed by atoms with Crippen molar-refractivity contribution in [3.05, 3.63) is 34.6 Å². The van der Waals surface area contributed by atoms with E-state index in [-0.39, 0.29) is 30.7 Å². The van der Waals surface area contributed by atoms with E-state index in [1.807, 2.05) is 0 Å². The van der Waals surface area contributed by atoms with Crippen molar-refractivity contribution >= 4 is 17.7 Å². The van der Waals surface area contributed by atoms with E-state index in [0.717, 1.165) is 0 Å². The van der Waals surface area contributed by atoms with Crippen LogP contribution in [0.3, 0.4) is 0 Å². The highest BCUT2D eigenvalue weighted by molar-refractivity contribution is 6.30. The Labute approximate surface area is 146 Å². The van der Waals surface area contributed by atoms with Crippen LogP contribution < -0.4 is 0 Å². The highest BCUT2D eigenvalue weighted by Crippen LogP contribution is 2.31. The molecule has 134 valence electrons. The van der Waals surface area contributed by atoms with Crippen LogP contribution in [0, 0.1) is 11.7 Å². The molecule has 1 saturated heterocycles. The monoisotopic (exact) mass is 359 g/mol. The Kier molecular flexibility index (Phi) is 6.06. The summed E-state index contributed by atoms with van der Waals surface area (Å²) < 4.78 is 24.5. The number of nitrogens with zero attached hydrogens (tertiary/aromatic N) is 1. The fourth-order valence-corrected chi connectivity index (χ4v) is 2.79. The first-order chi connectivity index (χ1) is 11.2.